The average molecular weight is 196 g/mol. The van der Waals surface area contributed by atoms with Gasteiger partial charge in [-0.1, -0.05) is 20.8 Å². The van der Waals surface area contributed by atoms with Gasteiger partial charge in [0.05, 0.1) is 5.60 Å². The van der Waals surface area contributed by atoms with Gasteiger partial charge in [-0.2, -0.15) is 0 Å². The molecule has 0 bridgehead atoms. The van der Waals surface area contributed by atoms with E-state index in [-0.39, 0.29) is 0 Å². The first kappa shape index (κ1) is 12.1. The predicted octanol–water partition coefficient (Wildman–Crippen LogP) is 2.06. The van der Waals surface area contributed by atoms with Crippen LogP contribution in [0.4, 0.5) is 0 Å². The monoisotopic (exact) mass is 196 g/mol. The Labute approximate surface area is 73.2 Å². The lowest BCUT2D eigenvalue weighted by atomic mass is 9.95. The Morgan fingerprint density at radius 3 is 1.58 bits per heavy atom. The molecular formula is C7H17O4P. The summed E-state index contributed by atoms with van der Waals surface area (Å²) >= 11 is 0. The van der Waals surface area contributed by atoms with Crippen LogP contribution in [0.1, 0.15) is 40.0 Å². The second-order valence-electron chi connectivity index (χ2n) is 2.83. The van der Waals surface area contributed by atoms with Gasteiger partial charge < -0.3 is 9.79 Å². The van der Waals surface area contributed by atoms with Gasteiger partial charge in [0.15, 0.2) is 0 Å². The minimum Gasteiger partial charge on any atom is -0.303 e. The molecule has 0 amide bonds. The van der Waals surface area contributed by atoms with E-state index in [1.165, 1.54) is 0 Å². The van der Waals surface area contributed by atoms with Gasteiger partial charge in [0, 0.05) is 0 Å². The summed E-state index contributed by atoms with van der Waals surface area (Å²) < 4.78 is 15.3. The topological polar surface area (TPSA) is 66.8 Å². The lowest BCUT2D eigenvalue weighted by Gasteiger charge is -2.30. The zero-order chi connectivity index (χ0) is 9.83. The van der Waals surface area contributed by atoms with Gasteiger partial charge in [-0.05, 0) is 19.3 Å². The van der Waals surface area contributed by atoms with Crippen LogP contribution in [-0.2, 0) is 9.09 Å². The molecule has 74 valence electrons. The summed E-state index contributed by atoms with van der Waals surface area (Å²) in [6, 6.07) is 0. The standard InChI is InChI=1S/C7H17O4P/c1-4-7(5-2,6-3)11-12(8,9)10/h4-6H2,1-3H3,(H2,8,9,10). The SMILES string of the molecule is CCC(CC)(CC)OP(=O)(O)O. The summed E-state index contributed by atoms with van der Waals surface area (Å²) in [5.41, 5.74) is -0.654. The fraction of sp³-hybridized carbons (Fsp3) is 1.00. The lowest BCUT2D eigenvalue weighted by molar-refractivity contribution is 0.0234. The highest BCUT2D eigenvalue weighted by Gasteiger charge is 2.32. The van der Waals surface area contributed by atoms with Gasteiger partial charge in [-0.3, -0.25) is 4.52 Å². The van der Waals surface area contributed by atoms with Gasteiger partial charge in [-0.15, -0.1) is 0 Å². The molecule has 0 spiro atoms. The molecule has 0 rings (SSSR count). The Morgan fingerprint density at radius 1 is 1.17 bits per heavy atom. The summed E-state index contributed by atoms with van der Waals surface area (Å²) in [5, 5.41) is 0. The van der Waals surface area contributed by atoms with Gasteiger partial charge in [0.1, 0.15) is 0 Å². The molecule has 0 aliphatic rings. The number of phosphoric ester groups is 1. The van der Waals surface area contributed by atoms with E-state index in [4.69, 9.17) is 14.3 Å². The first-order chi connectivity index (χ1) is 5.39. The average Bonchev–Trinajstić information content (AvgIpc) is 1.99. The molecule has 0 aromatic carbocycles. The molecule has 0 saturated heterocycles. The van der Waals surface area contributed by atoms with Gasteiger partial charge in [0.2, 0.25) is 0 Å². The van der Waals surface area contributed by atoms with E-state index in [0.717, 1.165) is 0 Å². The summed E-state index contributed by atoms with van der Waals surface area (Å²) in [6.45, 7) is 5.59. The maximum Gasteiger partial charge on any atom is 0.470 e. The van der Waals surface area contributed by atoms with E-state index in [1.807, 2.05) is 20.8 Å². The molecule has 0 aliphatic heterocycles. The first-order valence-electron chi connectivity index (χ1n) is 4.15. The van der Waals surface area contributed by atoms with Crippen LogP contribution in [0.25, 0.3) is 0 Å². The Hall–Kier alpha value is 0.110. The fourth-order valence-corrected chi connectivity index (χ4v) is 2.09. The van der Waals surface area contributed by atoms with Crippen LogP contribution in [-0.4, -0.2) is 15.4 Å². The van der Waals surface area contributed by atoms with Crippen LogP contribution in [0.15, 0.2) is 0 Å². The molecule has 0 aliphatic carbocycles. The molecule has 0 radical (unpaired) electrons. The van der Waals surface area contributed by atoms with E-state index in [9.17, 15) is 4.57 Å². The van der Waals surface area contributed by atoms with Crippen molar-refractivity contribution in [3.63, 3.8) is 0 Å². The highest BCUT2D eigenvalue weighted by Crippen LogP contribution is 2.45. The molecule has 5 heteroatoms. The third-order valence-corrected chi connectivity index (χ3v) is 2.87. The van der Waals surface area contributed by atoms with Crippen molar-refractivity contribution >= 4 is 7.82 Å². The zero-order valence-corrected chi connectivity index (χ0v) is 8.67. The van der Waals surface area contributed by atoms with Crippen molar-refractivity contribution in [3.8, 4) is 0 Å². The van der Waals surface area contributed by atoms with Gasteiger partial charge in [-0.25, -0.2) is 4.57 Å². The van der Waals surface area contributed by atoms with E-state index in [1.54, 1.807) is 0 Å². The maximum absolute atomic E-state index is 10.6. The van der Waals surface area contributed by atoms with Crippen molar-refractivity contribution < 1.29 is 18.9 Å². The fourth-order valence-electron chi connectivity index (χ4n) is 1.20. The summed E-state index contributed by atoms with van der Waals surface area (Å²) in [5.74, 6) is 0. The van der Waals surface area contributed by atoms with Crippen LogP contribution >= 0.6 is 7.82 Å². The molecule has 0 saturated carbocycles. The van der Waals surface area contributed by atoms with Crippen LogP contribution in [0, 0.1) is 0 Å². The number of rotatable bonds is 5. The van der Waals surface area contributed by atoms with Crippen molar-refractivity contribution in [2.45, 2.75) is 45.6 Å². The second-order valence-corrected chi connectivity index (χ2v) is 3.99. The third kappa shape index (κ3) is 3.68. The van der Waals surface area contributed by atoms with Crippen molar-refractivity contribution in [2.24, 2.45) is 0 Å². The van der Waals surface area contributed by atoms with Gasteiger partial charge >= 0.3 is 7.82 Å². The molecule has 0 aromatic heterocycles. The normalized spacial score (nSPS) is 13.4. The van der Waals surface area contributed by atoms with E-state index >= 15 is 0 Å². The highest BCUT2D eigenvalue weighted by molar-refractivity contribution is 7.46. The lowest BCUT2D eigenvalue weighted by Crippen LogP contribution is -2.28. The summed E-state index contributed by atoms with van der Waals surface area (Å²) in [6.07, 6.45) is 1.85. The Balaban J connectivity index is 4.41. The molecule has 0 unspecified atom stereocenters. The van der Waals surface area contributed by atoms with Crippen LogP contribution in [0.2, 0.25) is 0 Å². The molecule has 0 atom stereocenters. The molecule has 2 N–H and O–H groups in total. The highest BCUT2D eigenvalue weighted by atomic mass is 31.2. The zero-order valence-electron chi connectivity index (χ0n) is 7.78. The van der Waals surface area contributed by atoms with Crippen LogP contribution in [0.5, 0.6) is 0 Å². The number of hydrogen-bond donors (Lipinski definition) is 2. The van der Waals surface area contributed by atoms with Crippen molar-refractivity contribution in [3.05, 3.63) is 0 Å². The van der Waals surface area contributed by atoms with Crippen molar-refractivity contribution in [2.75, 3.05) is 0 Å². The minimum absolute atomic E-state index is 0.616. The quantitative estimate of drug-likeness (QED) is 0.660. The Morgan fingerprint density at radius 2 is 1.50 bits per heavy atom. The molecule has 0 heterocycles. The van der Waals surface area contributed by atoms with Crippen LogP contribution < -0.4 is 0 Å². The Bertz CT molecular complexity index is 162. The van der Waals surface area contributed by atoms with E-state index in [2.05, 4.69) is 0 Å². The van der Waals surface area contributed by atoms with Crippen molar-refractivity contribution in [1.82, 2.24) is 0 Å². The van der Waals surface area contributed by atoms with E-state index in [0.29, 0.717) is 19.3 Å². The first-order valence-corrected chi connectivity index (χ1v) is 5.68. The summed E-state index contributed by atoms with van der Waals surface area (Å²) in [4.78, 5) is 17.3. The molecular weight excluding hydrogens is 179 g/mol. The molecule has 4 nitrogen and oxygen atoms in total. The molecule has 0 fully saturated rings. The largest absolute Gasteiger partial charge is 0.470 e. The van der Waals surface area contributed by atoms with E-state index < -0.39 is 13.4 Å². The Kier molecular flexibility index (Phi) is 4.42. The van der Waals surface area contributed by atoms with Gasteiger partial charge in [0.25, 0.3) is 0 Å². The number of hydrogen-bond acceptors (Lipinski definition) is 2. The van der Waals surface area contributed by atoms with Crippen molar-refractivity contribution in [1.29, 1.82) is 0 Å². The smallest absolute Gasteiger partial charge is 0.303 e. The maximum atomic E-state index is 10.6. The molecule has 12 heavy (non-hydrogen) atoms. The second kappa shape index (κ2) is 4.38. The minimum atomic E-state index is -4.34. The number of phosphoric acid groups is 1. The predicted molar refractivity (Wildman–Crippen MR) is 46.7 cm³/mol. The van der Waals surface area contributed by atoms with Crippen LogP contribution in [0.3, 0.4) is 0 Å². The summed E-state index contributed by atoms with van der Waals surface area (Å²) in [7, 11) is -4.34. The third-order valence-electron chi connectivity index (χ3n) is 2.25. The molecule has 0 aromatic rings.